The number of hydrogen-bond acceptors (Lipinski definition) is 5. The molecule has 5 atom stereocenters. The Balaban J connectivity index is 1.16. The fraction of sp³-hybridized carbons (Fsp3) is 0.619. The summed E-state index contributed by atoms with van der Waals surface area (Å²) in [4.78, 5) is 24.0. The van der Waals surface area contributed by atoms with Crippen LogP contribution in [0.1, 0.15) is 37.7 Å². The van der Waals surface area contributed by atoms with Crippen molar-refractivity contribution in [1.29, 1.82) is 0 Å². The zero-order valence-electron chi connectivity index (χ0n) is 16.7. The first-order valence-corrected chi connectivity index (χ1v) is 10.5. The molecule has 0 spiro atoms. The molecule has 0 aromatic heterocycles. The highest BCUT2D eigenvalue weighted by atomic mass is 19.1. The third-order valence-corrected chi connectivity index (χ3v) is 6.00. The van der Waals surface area contributed by atoms with E-state index in [-0.39, 0.29) is 49.0 Å². The molecule has 3 amide bonds. The number of carbonyl (C=O) groups excluding carboxylic acids is 2. The van der Waals surface area contributed by atoms with Crippen molar-refractivity contribution in [3.8, 4) is 0 Å². The van der Waals surface area contributed by atoms with Crippen LogP contribution in [0.25, 0.3) is 0 Å². The molecule has 3 fully saturated rings. The minimum Gasteiger partial charge on any atom is -0.388 e. The van der Waals surface area contributed by atoms with E-state index in [1.54, 1.807) is 12.1 Å². The number of aliphatic hydroxyl groups is 1. The normalized spacial score (nSPS) is 30.4. The molecule has 0 radical (unpaired) electrons. The van der Waals surface area contributed by atoms with Gasteiger partial charge in [-0.15, -0.1) is 0 Å². The molecule has 4 N–H and O–H groups in total. The summed E-state index contributed by atoms with van der Waals surface area (Å²) in [6, 6.07) is 5.95. The van der Waals surface area contributed by atoms with Gasteiger partial charge in [-0.05, 0) is 37.0 Å². The van der Waals surface area contributed by atoms with Crippen LogP contribution in [0, 0.1) is 5.82 Å². The maximum Gasteiger partial charge on any atom is 0.315 e. The summed E-state index contributed by atoms with van der Waals surface area (Å²) in [6.45, 7) is 0.521. The molecule has 30 heavy (non-hydrogen) atoms. The molecule has 4 rings (SSSR count). The summed E-state index contributed by atoms with van der Waals surface area (Å²) in [7, 11) is 0. The maximum atomic E-state index is 12.9. The number of amides is 3. The first kappa shape index (κ1) is 21.0. The van der Waals surface area contributed by atoms with Gasteiger partial charge in [0.15, 0.2) is 0 Å². The molecule has 1 saturated carbocycles. The standard InChI is InChI=1S/C21H28FN3O5/c22-13-6-4-12(5-7-13)10-23-18(26)9-15-8-16-20(29-15)19(27)17(30-16)11-24-21(28)25-14-2-1-3-14/h4-7,14-17,19-20,27H,1-3,8-11H2,(H,23,26)(H2,24,25,28)/t15-,16+,17+,19+,20-/m0/s1. The maximum absolute atomic E-state index is 12.9. The van der Waals surface area contributed by atoms with Gasteiger partial charge >= 0.3 is 6.03 Å². The molecular formula is C21H28FN3O5. The predicted molar refractivity (Wildman–Crippen MR) is 105 cm³/mol. The van der Waals surface area contributed by atoms with E-state index in [1.807, 2.05) is 0 Å². The molecule has 2 saturated heterocycles. The van der Waals surface area contributed by atoms with E-state index >= 15 is 0 Å². The summed E-state index contributed by atoms with van der Waals surface area (Å²) in [5.41, 5.74) is 0.810. The second kappa shape index (κ2) is 9.28. The number of aliphatic hydroxyl groups excluding tert-OH is 1. The average molecular weight is 421 g/mol. The van der Waals surface area contributed by atoms with Gasteiger partial charge in [-0.2, -0.15) is 0 Å². The van der Waals surface area contributed by atoms with Crippen molar-refractivity contribution in [1.82, 2.24) is 16.0 Å². The van der Waals surface area contributed by atoms with Crippen LogP contribution in [0.2, 0.25) is 0 Å². The van der Waals surface area contributed by atoms with E-state index in [0.717, 1.165) is 24.8 Å². The van der Waals surface area contributed by atoms with Crippen molar-refractivity contribution in [2.24, 2.45) is 0 Å². The number of urea groups is 1. The Hall–Kier alpha value is -2.23. The van der Waals surface area contributed by atoms with Crippen LogP contribution in [0.15, 0.2) is 24.3 Å². The Bertz CT molecular complexity index is 758. The number of ether oxygens (including phenoxy) is 2. The van der Waals surface area contributed by atoms with Gasteiger partial charge in [-0.3, -0.25) is 4.79 Å². The van der Waals surface area contributed by atoms with Gasteiger partial charge < -0.3 is 30.5 Å². The number of halogens is 1. The van der Waals surface area contributed by atoms with Crippen molar-refractivity contribution < 1.29 is 28.6 Å². The van der Waals surface area contributed by atoms with Crippen molar-refractivity contribution in [2.75, 3.05) is 6.54 Å². The number of benzene rings is 1. The Kier molecular flexibility index (Phi) is 6.50. The monoisotopic (exact) mass is 421 g/mol. The zero-order valence-corrected chi connectivity index (χ0v) is 16.7. The second-order valence-corrected chi connectivity index (χ2v) is 8.25. The molecule has 3 aliphatic rings. The van der Waals surface area contributed by atoms with E-state index in [4.69, 9.17) is 9.47 Å². The van der Waals surface area contributed by atoms with Crippen LogP contribution in [0.3, 0.4) is 0 Å². The first-order valence-electron chi connectivity index (χ1n) is 10.5. The lowest BCUT2D eigenvalue weighted by Crippen LogP contribution is -2.48. The van der Waals surface area contributed by atoms with Crippen LogP contribution >= 0.6 is 0 Å². The molecule has 0 unspecified atom stereocenters. The minimum absolute atomic E-state index is 0.164. The Morgan fingerprint density at radius 2 is 1.90 bits per heavy atom. The lowest BCUT2D eigenvalue weighted by molar-refractivity contribution is -0.124. The van der Waals surface area contributed by atoms with Crippen LogP contribution in [0.4, 0.5) is 9.18 Å². The van der Waals surface area contributed by atoms with Crippen molar-refractivity contribution in [3.05, 3.63) is 35.6 Å². The number of nitrogens with one attached hydrogen (secondary N) is 3. The van der Waals surface area contributed by atoms with Gasteiger partial charge in [-0.1, -0.05) is 12.1 Å². The van der Waals surface area contributed by atoms with E-state index in [1.165, 1.54) is 12.1 Å². The Labute approximate surface area is 174 Å². The van der Waals surface area contributed by atoms with Crippen molar-refractivity contribution in [3.63, 3.8) is 0 Å². The van der Waals surface area contributed by atoms with Crippen LogP contribution < -0.4 is 16.0 Å². The van der Waals surface area contributed by atoms with E-state index in [0.29, 0.717) is 13.0 Å². The fourth-order valence-electron chi connectivity index (χ4n) is 4.07. The average Bonchev–Trinajstić information content (AvgIpc) is 3.21. The summed E-state index contributed by atoms with van der Waals surface area (Å²) < 4.78 is 24.6. The van der Waals surface area contributed by atoms with Gasteiger partial charge in [0.05, 0.1) is 18.6 Å². The lowest BCUT2D eigenvalue weighted by atomic mass is 9.93. The summed E-state index contributed by atoms with van der Waals surface area (Å²) >= 11 is 0. The molecule has 164 valence electrons. The minimum atomic E-state index is -0.855. The van der Waals surface area contributed by atoms with Gasteiger partial charge in [0.25, 0.3) is 0 Å². The molecule has 9 heteroatoms. The highest BCUT2D eigenvalue weighted by Gasteiger charge is 2.50. The highest BCUT2D eigenvalue weighted by Crippen LogP contribution is 2.35. The molecule has 1 aromatic carbocycles. The largest absolute Gasteiger partial charge is 0.388 e. The van der Waals surface area contributed by atoms with Crippen LogP contribution in [0.5, 0.6) is 0 Å². The van der Waals surface area contributed by atoms with E-state index in [2.05, 4.69) is 16.0 Å². The Morgan fingerprint density at radius 1 is 1.13 bits per heavy atom. The third kappa shape index (κ3) is 5.08. The highest BCUT2D eigenvalue weighted by molar-refractivity contribution is 5.76. The number of hydrogen-bond donors (Lipinski definition) is 4. The Morgan fingerprint density at radius 3 is 2.57 bits per heavy atom. The van der Waals surface area contributed by atoms with E-state index < -0.39 is 18.3 Å². The smallest absolute Gasteiger partial charge is 0.315 e. The SMILES string of the molecule is O=C(C[C@@H]1C[C@H]2O[C@H](CNC(=O)NC3CCC3)[C@@H](O)[C@H]2O1)NCc1ccc(F)cc1. The number of carbonyl (C=O) groups is 2. The van der Waals surface area contributed by atoms with Gasteiger partial charge in [0.1, 0.15) is 24.1 Å². The molecule has 2 heterocycles. The lowest BCUT2D eigenvalue weighted by Gasteiger charge is -2.27. The van der Waals surface area contributed by atoms with Gasteiger partial charge in [0, 0.05) is 25.6 Å². The van der Waals surface area contributed by atoms with Gasteiger partial charge in [0.2, 0.25) is 5.91 Å². The van der Waals surface area contributed by atoms with Crippen molar-refractivity contribution >= 4 is 11.9 Å². The quantitative estimate of drug-likeness (QED) is 0.525. The fourth-order valence-corrected chi connectivity index (χ4v) is 4.07. The molecule has 0 bridgehead atoms. The number of fused-ring (bicyclic) bond motifs is 1. The topological polar surface area (TPSA) is 109 Å². The second-order valence-electron chi connectivity index (χ2n) is 8.25. The third-order valence-electron chi connectivity index (χ3n) is 6.00. The zero-order chi connectivity index (χ0) is 21.1. The molecule has 2 aliphatic heterocycles. The number of rotatable bonds is 7. The summed E-state index contributed by atoms with van der Waals surface area (Å²) in [5.74, 6) is -0.494. The van der Waals surface area contributed by atoms with E-state index in [9.17, 15) is 19.1 Å². The van der Waals surface area contributed by atoms with Gasteiger partial charge in [-0.25, -0.2) is 9.18 Å². The van der Waals surface area contributed by atoms with Crippen LogP contribution in [-0.2, 0) is 20.8 Å². The molecular weight excluding hydrogens is 393 g/mol. The van der Waals surface area contributed by atoms with Crippen LogP contribution in [-0.4, -0.2) is 60.2 Å². The molecule has 8 nitrogen and oxygen atoms in total. The molecule has 1 aliphatic carbocycles. The summed E-state index contributed by atoms with van der Waals surface area (Å²) in [5, 5.41) is 18.9. The summed E-state index contributed by atoms with van der Waals surface area (Å²) in [6.07, 6.45) is 1.32. The predicted octanol–water partition coefficient (Wildman–Crippen LogP) is 0.970. The van der Waals surface area contributed by atoms with Crippen molar-refractivity contribution in [2.45, 2.75) is 75.2 Å². The first-order chi connectivity index (χ1) is 14.5. The molecule has 1 aromatic rings.